The maximum Gasteiger partial charge on any atom is 0.270 e. The van der Waals surface area contributed by atoms with Gasteiger partial charge in [-0.1, -0.05) is 6.42 Å². The molecule has 0 amide bonds. The molecule has 5 nitrogen and oxygen atoms in total. The first-order chi connectivity index (χ1) is 9.61. The molecule has 1 atom stereocenters. The molecule has 110 valence electrons. The number of hydrogen-bond acceptors (Lipinski definition) is 4. The number of hydrogen-bond donors (Lipinski definition) is 1. The number of rotatable bonds is 5. The lowest BCUT2D eigenvalue weighted by molar-refractivity contribution is -0.384. The predicted octanol–water partition coefficient (Wildman–Crippen LogP) is 3.17. The topological polar surface area (TPSA) is 58.4 Å². The molecular weight excluding hydrogens is 369 g/mol. The van der Waals surface area contributed by atoms with Crippen molar-refractivity contribution in [2.45, 2.75) is 32.2 Å². The number of halogens is 1. The summed E-state index contributed by atoms with van der Waals surface area (Å²) in [7, 11) is 0. The van der Waals surface area contributed by atoms with Gasteiger partial charge in [-0.25, -0.2) is 0 Å². The summed E-state index contributed by atoms with van der Waals surface area (Å²) in [6, 6.07) is 5.63. The molecule has 1 saturated heterocycles. The number of anilines is 1. The van der Waals surface area contributed by atoms with Gasteiger partial charge in [-0.3, -0.25) is 10.1 Å². The fourth-order valence-electron chi connectivity index (χ4n) is 2.61. The third kappa shape index (κ3) is 3.82. The molecule has 1 aromatic rings. The molecule has 1 aromatic carbocycles. The minimum atomic E-state index is -0.342. The minimum absolute atomic E-state index is 0.157. The van der Waals surface area contributed by atoms with Crippen LogP contribution in [0.3, 0.4) is 0 Å². The molecule has 1 N–H and O–H groups in total. The normalized spacial score (nSPS) is 18.8. The lowest BCUT2D eigenvalue weighted by atomic mass is 10.0. The van der Waals surface area contributed by atoms with Gasteiger partial charge in [-0.05, 0) is 55.0 Å². The molecule has 1 aliphatic rings. The summed E-state index contributed by atoms with van der Waals surface area (Å²) in [4.78, 5) is 12.8. The van der Waals surface area contributed by atoms with Crippen molar-refractivity contribution in [1.29, 1.82) is 0 Å². The van der Waals surface area contributed by atoms with Crippen LogP contribution in [0.25, 0.3) is 0 Å². The highest BCUT2D eigenvalue weighted by molar-refractivity contribution is 14.1. The minimum Gasteiger partial charge on any atom is -0.369 e. The number of likely N-dealkylation sites (N-methyl/N-ethyl adjacent to an activating group) is 1. The van der Waals surface area contributed by atoms with Gasteiger partial charge in [-0.15, -0.1) is 0 Å². The van der Waals surface area contributed by atoms with Crippen LogP contribution in [-0.2, 0) is 0 Å². The van der Waals surface area contributed by atoms with Gasteiger partial charge in [0.2, 0.25) is 0 Å². The molecule has 20 heavy (non-hydrogen) atoms. The van der Waals surface area contributed by atoms with Crippen LogP contribution >= 0.6 is 22.6 Å². The van der Waals surface area contributed by atoms with Crippen LogP contribution in [0.4, 0.5) is 11.4 Å². The number of nitro benzene ring substituents is 1. The van der Waals surface area contributed by atoms with Crippen molar-refractivity contribution in [3.8, 4) is 0 Å². The molecule has 6 heteroatoms. The van der Waals surface area contributed by atoms with E-state index in [1.165, 1.54) is 19.3 Å². The zero-order valence-corrected chi connectivity index (χ0v) is 13.8. The predicted molar refractivity (Wildman–Crippen MR) is 89.3 cm³/mol. The first-order valence-corrected chi connectivity index (χ1v) is 8.12. The SMILES string of the molecule is CCN(CC1CCCCN1)c1ccc([N+](=O)[O-])cc1I. The van der Waals surface area contributed by atoms with Gasteiger partial charge in [0.25, 0.3) is 5.69 Å². The molecule has 0 bridgehead atoms. The van der Waals surface area contributed by atoms with E-state index in [0.29, 0.717) is 6.04 Å². The summed E-state index contributed by atoms with van der Waals surface area (Å²) in [6.07, 6.45) is 3.75. The quantitative estimate of drug-likeness (QED) is 0.478. The largest absolute Gasteiger partial charge is 0.369 e. The Kier molecular flexibility index (Phi) is 5.59. The van der Waals surface area contributed by atoms with Crippen molar-refractivity contribution < 1.29 is 4.92 Å². The number of non-ortho nitro benzene ring substituents is 1. The summed E-state index contributed by atoms with van der Waals surface area (Å²) in [6.45, 7) is 5.09. The van der Waals surface area contributed by atoms with E-state index in [1.54, 1.807) is 12.1 Å². The van der Waals surface area contributed by atoms with E-state index >= 15 is 0 Å². The second-order valence-electron chi connectivity index (χ2n) is 5.08. The van der Waals surface area contributed by atoms with Crippen molar-refractivity contribution >= 4 is 34.0 Å². The second-order valence-corrected chi connectivity index (χ2v) is 6.24. The molecule has 0 spiro atoms. The summed E-state index contributed by atoms with van der Waals surface area (Å²) in [5, 5.41) is 14.3. The van der Waals surface area contributed by atoms with E-state index in [9.17, 15) is 10.1 Å². The Bertz CT molecular complexity index is 475. The Morgan fingerprint density at radius 3 is 2.85 bits per heavy atom. The number of piperidine rings is 1. The number of nitro groups is 1. The fourth-order valence-corrected chi connectivity index (χ4v) is 3.45. The Morgan fingerprint density at radius 2 is 2.30 bits per heavy atom. The summed E-state index contributed by atoms with van der Waals surface area (Å²) >= 11 is 2.19. The molecule has 0 aromatic heterocycles. The van der Waals surface area contributed by atoms with Crippen molar-refractivity contribution in [3.63, 3.8) is 0 Å². The van der Waals surface area contributed by atoms with Gasteiger partial charge in [0.05, 0.1) is 10.6 Å². The van der Waals surface area contributed by atoms with E-state index in [2.05, 4.69) is 39.7 Å². The number of nitrogens with zero attached hydrogens (tertiary/aromatic N) is 2. The van der Waals surface area contributed by atoms with Crippen molar-refractivity contribution in [2.24, 2.45) is 0 Å². The Balaban J connectivity index is 2.12. The highest BCUT2D eigenvalue weighted by atomic mass is 127. The van der Waals surface area contributed by atoms with E-state index in [4.69, 9.17) is 0 Å². The molecule has 0 saturated carbocycles. The monoisotopic (exact) mass is 389 g/mol. The second kappa shape index (κ2) is 7.21. The smallest absolute Gasteiger partial charge is 0.270 e. The summed E-state index contributed by atoms with van der Waals surface area (Å²) < 4.78 is 0.939. The highest BCUT2D eigenvalue weighted by Gasteiger charge is 2.18. The maximum absolute atomic E-state index is 10.8. The van der Waals surface area contributed by atoms with Gasteiger partial charge in [0.15, 0.2) is 0 Å². The van der Waals surface area contributed by atoms with Crippen molar-refractivity contribution in [1.82, 2.24) is 5.32 Å². The van der Waals surface area contributed by atoms with Gasteiger partial charge in [0, 0.05) is 34.8 Å². The fraction of sp³-hybridized carbons (Fsp3) is 0.571. The number of benzene rings is 1. The third-order valence-corrected chi connectivity index (χ3v) is 4.58. The lowest BCUT2D eigenvalue weighted by Gasteiger charge is -2.31. The first-order valence-electron chi connectivity index (χ1n) is 7.04. The Morgan fingerprint density at radius 1 is 1.50 bits per heavy atom. The van der Waals surface area contributed by atoms with Crippen LogP contribution in [0, 0.1) is 13.7 Å². The first kappa shape index (κ1) is 15.5. The van der Waals surface area contributed by atoms with Crippen LogP contribution in [0.2, 0.25) is 0 Å². The standard InChI is InChI=1S/C14H20IN3O2/c1-2-17(10-11-5-3-4-8-16-11)14-7-6-12(18(19)20)9-13(14)15/h6-7,9,11,16H,2-5,8,10H2,1H3. The number of nitrogens with one attached hydrogen (secondary N) is 1. The van der Waals surface area contributed by atoms with Crippen molar-refractivity contribution in [3.05, 3.63) is 31.9 Å². The van der Waals surface area contributed by atoms with E-state index in [0.717, 1.165) is 28.9 Å². The highest BCUT2D eigenvalue weighted by Crippen LogP contribution is 2.27. The van der Waals surface area contributed by atoms with Gasteiger partial charge in [-0.2, -0.15) is 0 Å². The molecule has 1 fully saturated rings. The van der Waals surface area contributed by atoms with Gasteiger partial charge >= 0.3 is 0 Å². The van der Waals surface area contributed by atoms with Gasteiger partial charge in [0.1, 0.15) is 0 Å². The van der Waals surface area contributed by atoms with E-state index in [1.807, 2.05) is 6.07 Å². The van der Waals surface area contributed by atoms with Crippen LogP contribution < -0.4 is 10.2 Å². The summed E-state index contributed by atoms with van der Waals surface area (Å²) in [5.41, 5.74) is 1.25. The molecule has 1 heterocycles. The third-order valence-electron chi connectivity index (χ3n) is 3.72. The average molecular weight is 389 g/mol. The maximum atomic E-state index is 10.8. The lowest BCUT2D eigenvalue weighted by Crippen LogP contribution is -2.44. The Labute approximate surface area is 133 Å². The van der Waals surface area contributed by atoms with Crippen LogP contribution in [0.5, 0.6) is 0 Å². The van der Waals surface area contributed by atoms with Crippen molar-refractivity contribution in [2.75, 3.05) is 24.5 Å². The average Bonchev–Trinajstić information content (AvgIpc) is 2.46. The van der Waals surface area contributed by atoms with Gasteiger partial charge < -0.3 is 10.2 Å². The molecule has 0 aliphatic carbocycles. The van der Waals surface area contributed by atoms with E-state index in [-0.39, 0.29) is 10.6 Å². The Hall–Kier alpha value is -0.890. The van der Waals surface area contributed by atoms with Crippen LogP contribution in [0.1, 0.15) is 26.2 Å². The van der Waals surface area contributed by atoms with Crippen LogP contribution in [0.15, 0.2) is 18.2 Å². The van der Waals surface area contributed by atoms with Crippen LogP contribution in [-0.4, -0.2) is 30.6 Å². The molecular formula is C14H20IN3O2. The zero-order valence-electron chi connectivity index (χ0n) is 11.6. The molecule has 0 radical (unpaired) electrons. The summed E-state index contributed by atoms with van der Waals surface area (Å²) in [5.74, 6) is 0. The van der Waals surface area contributed by atoms with E-state index < -0.39 is 0 Å². The zero-order chi connectivity index (χ0) is 14.5. The molecule has 1 aliphatic heterocycles. The molecule has 2 rings (SSSR count). The molecule has 1 unspecified atom stereocenters.